The van der Waals surface area contributed by atoms with Crippen LogP contribution in [0.3, 0.4) is 0 Å². The van der Waals surface area contributed by atoms with Crippen molar-refractivity contribution >= 4 is 29.6 Å². The summed E-state index contributed by atoms with van der Waals surface area (Å²) in [5.41, 5.74) is 1.84. The van der Waals surface area contributed by atoms with E-state index in [-0.39, 0.29) is 0 Å². The molecule has 6 heteroatoms. The molecule has 0 saturated carbocycles. The van der Waals surface area contributed by atoms with Crippen LogP contribution in [0.5, 0.6) is 0 Å². The maximum absolute atomic E-state index is 10.5. The van der Waals surface area contributed by atoms with Gasteiger partial charge in [-0.05, 0) is 37.0 Å². The smallest absolute Gasteiger partial charge is 0.211 e. The monoisotopic (exact) mass is 299 g/mol. The van der Waals surface area contributed by atoms with Crippen LogP contribution in [0.15, 0.2) is 33.2 Å². The molecular formula is C16H17N3O3. The van der Waals surface area contributed by atoms with E-state index in [0.29, 0.717) is 17.9 Å². The zero-order valence-electron chi connectivity index (χ0n) is 12.2. The minimum atomic E-state index is 0.420. The second-order valence-corrected chi connectivity index (χ2v) is 4.71. The van der Waals surface area contributed by atoms with Gasteiger partial charge in [0.25, 0.3) is 0 Å². The minimum Gasteiger partial charge on any atom is -0.211 e. The normalized spacial score (nSPS) is 9.27. The topological polar surface area (TPSA) is 88.3 Å². The van der Waals surface area contributed by atoms with Crippen molar-refractivity contribution in [1.29, 1.82) is 0 Å². The third-order valence-electron chi connectivity index (χ3n) is 3.19. The Morgan fingerprint density at radius 1 is 0.818 bits per heavy atom. The zero-order chi connectivity index (χ0) is 16.0. The number of isocyanates is 3. The van der Waals surface area contributed by atoms with Gasteiger partial charge < -0.3 is 0 Å². The van der Waals surface area contributed by atoms with E-state index in [9.17, 15) is 14.4 Å². The highest BCUT2D eigenvalue weighted by Gasteiger charge is 2.03. The molecule has 0 aliphatic rings. The van der Waals surface area contributed by atoms with Crippen LogP contribution in [0.1, 0.15) is 37.7 Å². The third-order valence-corrected chi connectivity index (χ3v) is 3.19. The van der Waals surface area contributed by atoms with Gasteiger partial charge in [0.2, 0.25) is 18.2 Å². The van der Waals surface area contributed by atoms with Gasteiger partial charge in [0.1, 0.15) is 0 Å². The molecule has 0 unspecified atom stereocenters. The van der Waals surface area contributed by atoms with E-state index in [4.69, 9.17) is 0 Å². The molecule has 0 fully saturated rings. The second kappa shape index (κ2) is 11.1. The van der Waals surface area contributed by atoms with Crippen molar-refractivity contribution in [2.45, 2.75) is 38.5 Å². The van der Waals surface area contributed by atoms with E-state index in [2.05, 4.69) is 15.0 Å². The first-order valence-electron chi connectivity index (χ1n) is 7.14. The SMILES string of the molecule is O=C=NCCCCCCCc1ccc(N=C=O)cc1N=C=O. The van der Waals surface area contributed by atoms with Gasteiger partial charge in [-0.15, -0.1) is 0 Å². The zero-order valence-corrected chi connectivity index (χ0v) is 12.2. The average molecular weight is 299 g/mol. The predicted molar refractivity (Wildman–Crippen MR) is 81.8 cm³/mol. The summed E-state index contributed by atoms with van der Waals surface area (Å²) < 4.78 is 0. The molecule has 0 bridgehead atoms. The lowest BCUT2D eigenvalue weighted by Gasteiger charge is -2.05. The van der Waals surface area contributed by atoms with Gasteiger partial charge in [0, 0.05) is 0 Å². The Balaban J connectivity index is 2.46. The molecule has 0 spiro atoms. The Kier molecular flexibility index (Phi) is 8.76. The number of rotatable bonds is 10. The summed E-state index contributed by atoms with van der Waals surface area (Å²) in [6, 6.07) is 5.08. The molecule has 114 valence electrons. The molecule has 0 radical (unpaired) electrons. The lowest BCUT2D eigenvalue weighted by atomic mass is 10.0. The molecule has 0 aromatic heterocycles. The van der Waals surface area contributed by atoms with E-state index >= 15 is 0 Å². The van der Waals surface area contributed by atoms with E-state index in [1.807, 2.05) is 6.07 Å². The maximum atomic E-state index is 10.5. The number of aryl methyl sites for hydroxylation is 1. The molecule has 0 heterocycles. The highest BCUT2D eigenvalue weighted by Crippen LogP contribution is 2.26. The number of aliphatic imine (C=N–C) groups is 3. The summed E-state index contributed by atoms with van der Waals surface area (Å²) in [6.07, 6.45) is 10.3. The number of hydrogen-bond donors (Lipinski definition) is 0. The number of nitrogens with zero attached hydrogens (tertiary/aromatic N) is 3. The molecule has 0 saturated heterocycles. The first-order chi connectivity index (χ1) is 10.8. The Morgan fingerprint density at radius 3 is 2.27 bits per heavy atom. The van der Waals surface area contributed by atoms with Crippen molar-refractivity contribution in [3.05, 3.63) is 23.8 Å². The van der Waals surface area contributed by atoms with E-state index < -0.39 is 0 Å². The van der Waals surface area contributed by atoms with Gasteiger partial charge >= 0.3 is 0 Å². The van der Waals surface area contributed by atoms with Crippen molar-refractivity contribution in [1.82, 2.24) is 0 Å². The number of hydrogen-bond acceptors (Lipinski definition) is 6. The van der Waals surface area contributed by atoms with Gasteiger partial charge in [-0.1, -0.05) is 25.3 Å². The molecule has 6 nitrogen and oxygen atoms in total. The average Bonchev–Trinajstić information content (AvgIpc) is 2.52. The first-order valence-corrected chi connectivity index (χ1v) is 7.14. The molecular weight excluding hydrogens is 282 g/mol. The van der Waals surface area contributed by atoms with Crippen molar-refractivity contribution < 1.29 is 14.4 Å². The lowest BCUT2D eigenvalue weighted by Crippen LogP contribution is -1.88. The van der Waals surface area contributed by atoms with E-state index in [1.54, 1.807) is 12.1 Å². The van der Waals surface area contributed by atoms with Crippen LogP contribution in [-0.4, -0.2) is 24.8 Å². The van der Waals surface area contributed by atoms with Crippen molar-refractivity contribution in [2.75, 3.05) is 6.54 Å². The van der Waals surface area contributed by atoms with Gasteiger partial charge in [-0.25, -0.2) is 19.4 Å². The number of unbranched alkanes of at least 4 members (excludes halogenated alkanes) is 4. The van der Waals surface area contributed by atoms with Crippen LogP contribution in [-0.2, 0) is 20.8 Å². The second-order valence-electron chi connectivity index (χ2n) is 4.71. The summed E-state index contributed by atoms with van der Waals surface area (Å²) in [4.78, 5) is 41.3. The predicted octanol–water partition coefficient (Wildman–Crippen LogP) is 3.45. The molecule has 1 aromatic rings. The Bertz CT molecular complexity index is 624. The van der Waals surface area contributed by atoms with Crippen LogP contribution in [0.25, 0.3) is 0 Å². The Morgan fingerprint density at radius 2 is 1.55 bits per heavy atom. The summed E-state index contributed by atoms with van der Waals surface area (Å²) in [6.45, 7) is 0.542. The highest BCUT2D eigenvalue weighted by molar-refractivity contribution is 5.62. The van der Waals surface area contributed by atoms with Crippen molar-refractivity contribution in [3.8, 4) is 0 Å². The molecule has 0 N–H and O–H groups in total. The molecule has 1 aromatic carbocycles. The molecule has 22 heavy (non-hydrogen) atoms. The molecule has 0 amide bonds. The summed E-state index contributed by atoms with van der Waals surface area (Å²) in [5, 5.41) is 0. The lowest BCUT2D eigenvalue weighted by molar-refractivity contribution is 0.560. The quantitative estimate of drug-likeness (QED) is 0.376. The van der Waals surface area contributed by atoms with Crippen LogP contribution < -0.4 is 0 Å². The largest absolute Gasteiger partial charge is 0.240 e. The first kappa shape index (κ1) is 17.4. The van der Waals surface area contributed by atoms with Gasteiger partial charge in [-0.2, -0.15) is 9.98 Å². The minimum absolute atomic E-state index is 0.420. The molecule has 0 atom stereocenters. The Labute approximate surface area is 128 Å². The number of benzene rings is 1. The van der Waals surface area contributed by atoms with Gasteiger partial charge in [-0.3, -0.25) is 0 Å². The summed E-state index contributed by atoms with van der Waals surface area (Å²) in [5.74, 6) is 0. The van der Waals surface area contributed by atoms with Crippen LogP contribution >= 0.6 is 0 Å². The highest BCUT2D eigenvalue weighted by atomic mass is 16.1. The van der Waals surface area contributed by atoms with Gasteiger partial charge in [0.15, 0.2) is 0 Å². The molecule has 0 aliphatic heterocycles. The summed E-state index contributed by atoms with van der Waals surface area (Å²) >= 11 is 0. The number of carbonyl (C=O) groups excluding carboxylic acids is 3. The van der Waals surface area contributed by atoms with Crippen LogP contribution in [0, 0.1) is 0 Å². The van der Waals surface area contributed by atoms with Crippen LogP contribution in [0.2, 0.25) is 0 Å². The van der Waals surface area contributed by atoms with Crippen LogP contribution in [0.4, 0.5) is 11.4 Å². The third kappa shape index (κ3) is 6.69. The van der Waals surface area contributed by atoms with Gasteiger partial charge in [0.05, 0.1) is 17.9 Å². The van der Waals surface area contributed by atoms with Crippen molar-refractivity contribution in [2.24, 2.45) is 15.0 Å². The molecule has 1 rings (SSSR count). The fourth-order valence-electron chi connectivity index (χ4n) is 2.12. The van der Waals surface area contributed by atoms with E-state index in [1.165, 1.54) is 18.2 Å². The maximum Gasteiger partial charge on any atom is 0.240 e. The molecule has 0 aliphatic carbocycles. The van der Waals surface area contributed by atoms with E-state index in [0.717, 1.165) is 44.1 Å². The summed E-state index contributed by atoms with van der Waals surface area (Å²) in [7, 11) is 0. The fraction of sp³-hybridized carbons (Fsp3) is 0.438. The van der Waals surface area contributed by atoms with Crippen molar-refractivity contribution in [3.63, 3.8) is 0 Å². The fourth-order valence-corrected chi connectivity index (χ4v) is 2.12. The Hall–Kier alpha value is -2.64. The standard InChI is InChI=1S/C16H17N3O3/c20-11-17-9-5-3-1-2-4-6-14-7-8-15(18-12-21)10-16(14)19-13-22/h7-8,10H,1-6,9H2.